The van der Waals surface area contributed by atoms with E-state index in [0.717, 1.165) is 4.88 Å². The molecule has 1 N–H and O–H groups in total. The van der Waals surface area contributed by atoms with Crippen LogP contribution in [0.2, 0.25) is 0 Å². The zero-order valence-electron chi connectivity index (χ0n) is 10.1. The molecule has 0 aliphatic rings. The molecular weight excluding hydrogens is 250 g/mol. The number of oxime groups is 1. The molecule has 1 aromatic carbocycles. The van der Waals surface area contributed by atoms with Gasteiger partial charge in [0.15, 0.2) is 0 Å². The number of benzene rings is 1. The average molecular weight is 263 g/mol. The molecule has 4 nitrogen and oxygen atoms in total. The highest BCUT2D eigenvalue weighted by atomic mass is 32.1. The second-order valence-electron chi connectivity index (χ2n) is 3.49. The minimum Gasteiger partial charge on any atom is -0.497 e. The van der Waals surface area contributed by atoms with Gasteiger partial charge in [0.25, 0.3) is 0 Å². The zero-order chi connectivity index (χ0) is 13.0. The molecule has 0 amide bonds. The van der Waals surface area contributed by atoms with E-state index < -0.39 is 0 Å². The van der Waals surface area contributed by atoms with E-state index in [1.54, 1.807) is 32.4 Å². The maximum atomic E-state index is 9.23. The molecule has 0 bridgehead atoms. The van der Waals surface area contributed by atoms with Crippen LogP contribution in [0, 0.1) is 0 Å². The Morgan fingerprint density at radius 2 is 2.06 bits per heavy atom. The monoisotopic (exact) mass is 263 g/mol. The largest absolute Gasteiger partial charge is 0.497 e. The highest BCUT2D eigenvalue weighted by molar-refractivity contribution is 7.12. The van der Waals surface area contributed by atoms with E-state index in [0.29, 0.717) is 22.8 Å². The van der Waals surface area contributed by atoms with Crippen LogP contribution >= 0.6 is 11.3 Å². The van der Waals surface area contributed by atoms with Gasteiger partial charge >= 0.3 is 0 Å². The Hall–Kier alpha value is -2.01. The van der Waals surface area contributed by atoms with Gasteiger partial charge in [0, 0.05) is 0 Å². The number of nitrogens with zero attached hydrogens (tertiary/aromatic N) is 1. The van der Waals surface area contributed by atoms with Gasteiger partial charge in [-0.25, -0.2) is 0 Å². The molecule has 0 aliphatic heterocycles. The summed E-state index contributed by atoms with van der Waals surface area (Å²) in [6.45, 7) is 0. The molecule has 0 unspecified atom stereocenters. The Morgan fingerprint density at radius 1 is 1.22 bits per heavy atom. The normalized spacial score (nSPS) is 11.3. The van der Waals surface area contributed by atoms with Crippen molar-refractivity contribution in [3.8, 4) is 11.5 Å². The van der Waals surface area contributed by atoms with Crippen LogP contribution in [0.4, 0.5) is 0 Å². The highest BCUT2D eigenvalue weighted by Gasteiger charge is 2.15. The van der Waals surface area contributed by atoms with Crippen molar-refractivity contribution < 1.29 is 14.7 Å². The smallest absolute Gasteiger partial charge is 0.130 e. The van der Waals surface area contributed by atoms with E-state index in [-0.39, 0.29) is 0 Å². The van der Waals surface area contributed by atoms with Gasteiger partial charge in [-0.15, -0.1) is 11.3 Å². The molecule has 0 atom stereocenters. The van der Waals surface area contributed by atoms with E-state index >= 15 is 0 Å². The van der Waals surface area contributed by atoms with Crippen molar-refractivity contribution in [2.24, 2.45) is 5.16 Å². The molecule has 1 aromatic heterocycles. The van der Waals surface area contributed by atoms with Crippen molar-refractivity contribution in [3.63, 3.8) is 0 Å². The predicted molar refractivity (Wildman–Crippen MR) is 71.3 cm³/mol. The van der Waals surface area contributed by atoms with Crippen molar-refractivity contribution in [1.29, 1.82) is 0 Å². The average Bonchev–Trinajstić information content (AvgIpc) is 2.93. The minimum atomic E-state index is 0.473. The molecule has 0 fully saturated rings. The molecule has 0 saturated carbocycles. The van der Waals surface area contributed by atoms with Crippen LogP contribution in [0.1, 0.15) is 10.4 Å². The standard InChI is InChI=1S/C13H13NO3S/c1-16-9-5-6-11(17-2)10(8-9)13(14-15)12-4-3-7-18-12/h3-8,15H,1-2H3/b14-13-. The van der Waals surface area contributed by atoms with Crippen LogP contribution < -0.4 is 9.47 Å². The highest BCUT2D eigenvalue weighted by Crippen LogP contribution is 2.28. The molecule has 0 radical (unpaired) electrons. The van der Waals surface area contributed by atoms with Crippen molar-refractivity contribution >= 4 is 17.0 Å². The van der Waals surface area contributed by atoms with E-state index in [1.807, 2.05) is 17.5 Å². The maximum absolute atomic E-state index is 9.23. The SMILES string of the molecule is COc1ccc(OC)c(/C(=N/O)c2cccs2)c1. The van der Waals surface area contributed by atoms with E-state index in [4.69, 9.17) is 9.47 Å². The third-order valence-electron chi connectivity index (χ3n) is 2.52. The number of thiophene rings is 1. The summed E-state index contributed by atoms with van der Waals surface area (Å²) >= 11 is 1.50. The fraction of sp³-hybridized carbons (Fsp3) is 0.154. The minimum absolute atomic E-state index is 0.473. The fourth-order valence-corrected chi connectivity index (χ4v) is 2.37. The molecule has 0 spiro atoms. The summed E-state index contributed by atoms with van der Waals surface area (Å²) in [5.41, 5.74) is 1.17. The third kappa shape index (κ3) is 2.31. The first-order valence-electron chi connectivity index (χ1n) is 5.28. The van der Waals surface area contributed by atoms with Gasteiger partial charge in [-0.1, -0.05) is 11.2 Å². The Balaban J connectivity index is 2.54. The second-order valence-corrected chi connectivity index (χ2v) is 4.44. The van der Waals surface area contributed by atoms with Gasteiger partial charge in [0.1, 0.15) is 17.2 Å². The first-order chi connectivity index (χ1) is 8.80. The van der Waals surface area contributed by atoms with E-state index in [9.17, 15) is 5.21 Å². The lowest BCUT2D eigenvalue weighted by atomic mass is 10.1. The van der Waals surface area contributed by atoms with Gasteiger partial charge in [0.05, 0.1) is 24.7 Å². The molecule has 1 heterocycles. The Kier molecular flexibility index (Phi) is 3.84. The van der Waals surface area contributed by atoms with Crippen LogP contribution in [0.25, 0.3) is 0 Å². The number of rotatable bonds is 4. The number of hydrogen-bond donors (Lipinski definition) is 1. The lowest BCUT2D eigenvalue weighted by molar-refractivity contribution is 0.319. The van der Waals surface area contributed by atoms with Gasteiger partial charge in [0.2, 0.25) is 0 Å². The van der Waals surface area contributed by atoms with Gasteiger partial charge in [-0.3, -0.25) is 0 Å². The van der Waals surface area contributed by atoms with Crippen molar-refractivity contribution in [2.45, 2.75) is 0 Å². The first kappa shape index (κ1) is 12.4. The third-order valence-corrected chi connectivity index (χ3v) is 3.39. The zero-order valence-corrected chi connectivity index (χ0v) is 10.9. The summed E-state index contributed by atoms with van der Waals surface area (Å²) in [6.07, 6.45) is 0. The number of methoxy groups -OCH3 is 2. The van der Waals surface area contributed by atoms with Crippen molar-refractivity contribution in [1.82, 2.24) is 0 Å². The number of ether oxygens (including phenoxy) is 2. The lowest BCUT2D eigenvalue weighted by Crippen LogP contribution is -2.04. The number of hydrogen-bond acceptors (Lipinski definition) is 5. The Labute approximate surface area is 109 Å². The lowest BCUT2D eigenvalue weighted by Gasteiger charge is -2.10. The summed E-state index contributed by atoms with van der Waals surface area (Å²) in [5.74, 6) is 1.32. The molecular formula is C13H13NO3S. The maximum Gasteiger partial charge on any atom is 0.130 e. The van der Waals surface area contributed by atoms with Gasteiger partial charge < -0.3 is 14.7 Å². The molecule has 18 heavy (non-hydrogen) atoms. The quantitative estimate of drug-likeness (QED) is 0.524. The summed E-state index contributed by atoms with van der Waals surface area (Å²) in [6, 6.07) is 9.16. The van der Waals surface area contributed by atoms with Gasteiger partial charge in [-0.05, 0) is 29.6 Å². The van der Waals surface area contributed by atoms with E-state index in [1.165, 1.54) is 11.3 Å². The Bertz CT molecular complexity index is 549. The second kappa shape index (κ2) is 5.55. The summed E-state index contributed by atoms with van der Waals surface area (Å²) in [5, 5.41) is 14.5. The van der Waals surface area contributed by atoms with Crippen LogP contribution in [-0.4, -0.2) is 25.1 Å². The Morgan fingerprint density at radius 3 is 2.61 bits per heavy atom. The van der Waals surface area contributed by atoms with Crippen molar-refractivity contribution in [3.05, 3.63) is 46.2 Å². The molecule has 2 rings (SSSR count). The summed E-state index contributed by atoms with van der Waals surface area (Å²) in [7, 11) is 3.17. The molecule has 94 valence electrons. The van der Waals surface area contributed by atoms with Crippen molar-refractivity contribution in [2.75, 3.05) is 14.2 Å². The van der Waals surface area contributed by atoms with Crippen LogP contribution in [0.3, 0.4) is 0 Å². The van der Waals surface area contributed by atoms with E-state index in [2.05, 4.69) is 5.16 Å². The molecule has 0 saturated heterocycles. The van der Waals surface area contributed by atoms with Crippen LogP contribution in [-0.2, 0) is 0 Å². The molecule has 5 heteroatoms. The summed E-state index contributed by atoms with van der Waals surface area (Å²) in [4.78, 5) is 0.865. The first-order valence-corrected chi connectivity index (χ1v) is 6.16. The van der Waals surface area contributed by atoms with Crippen LogP contribution in [0.15, 0.2) is 40.9 Å². The topological polar surface area (TPSA) is 51.0 Å². The molecule has 0 aliphatic carbocycles. The molecule has 2 aromatic rings. The fourth-order valence-electron chi connectivity index (χ4n) is 1.65. The van der Waals surface area contributed by atoms with Gasteiger partial charge in [-0.2, -0.15) is 0 Å². The predicted octanol–water partition coefficient (Wildman–Crippen LogP) is 2.99. The van der Waals surface area contributed by atoms with Crippen LogP contribution in [0.5, 0.6) is 11.5 Å². The summed E-state index contributed by atoms with van der Waals surface area (Å²) < 4.78 is 10.5.